The third-order valence-electron chi connectivity index (χ3n) is 5.66. The van der Waals surface area contributed by atoms with Crippen LogP contribution < -0.4 is 20.5 Å². The molecule has 14 heteroatoms. The number of imidazole rings is 1. The van der Waals surface area contributed by atoms with E-state index in [9.17, 15) is 27.6 Å². The number of aromatic nitrogens is 4. The van der Waals surface area contributed by atoms with Crippen molar-refractivity contribution in [2.75, 3.05) is 31.1 Å². The molecular formula is C24H23F3N6O5. The van der Waals surface area contributed by atoms with Crippen LogP contribution in [0.15, 0.2) is 29.1 Å². The van der Waals surface area contributed by atoms with Crippen molar-refractivity contribution < 1.29 is 32.2 Å². The zero-order valence-electron chi connectivity index (χ0n) is 20.5. The number of carbonyl (C=O) groups is 2. The maximum absolute atomic E-state index is 13.3. The van der Waals surface area contributed by atoms with Crippen LogP contribution in [0.25, 0.3) is 11.2 Å². The lowest BCUT2D eigenvalue weighted by atomic mass is 10.1. The number of ether oxygens (including phenoxy) is 2. The van der Waals surface area contributed by atoms with Crippen LogP contribution in [0.1, 0.15) is 12.5 Å². The van der Waals surface area contributed by atoms with E-state index in [-0.39, 0.29) is 35.1 Å². The van der Waals surface area contributed by atoms with Gasteiger partial charge in [-0.05, 0) is 24.6 Å². The van der Waals surface area contributed by atoms with Crippen molar-refractivity contribution in [2.24, 2.45) is 7.05 Å². The van der Waals surface area contributed by atoms with E-state index in [4.69, 9.17) is 4.74 Å². The summed E-state index contributed by atoms with van der Waals surface area (Å²) in [4.78, 5) is 46.8. The van der Waals surface area contributed by atoms with Gasteiger partial charge in [-0.25, -0.2) is 4.79 Å². The van der Waals surface area contributed by atoms with Gasteiger partial charge in [0.25, 0.3) is 5.56 Å². The first kappa shape index (κ1) is 26.7. The fourth-order valence-corrected chi connectivity index (χ4v) is 3.78. The van der Waals surface area contributed by atoms with Gasteiger partial charge in [0, 0.05) is 33.2 Å². The Hall–Kier alpha value is -4.38. The third kappa shape index (κ3) is 5.78. The van der Waals surface area contributed by atoms with Crippen LogP contribution in [0.2, 0.25) is 0 Å². The summed E-state index contributed by atoms with van der Waals surface area (Å²) in [6.07, 6.45) is -5.82. The van der Waals surface area contributed by atoms with E-state index in [1.54, 1.807) is 11.5 Å². The largest absolute Gasteiger partial charge is 0.491 e. The van der Waals surface area contributed by atoms with Gasteiger partial charge in [0.1, 0.15) is 5.75 Å². The van der Waals surface area contributed by atoms with Crippen molar-refractivity contribution in [3.8, 4) is 23.6 Å². The number of hydrogen-bond donors (Lipinski definition) is 1. The van der Waals surface area contributed by atoms with Crippen molar-refractivity contribution >= 4 is 29.1 Å². The molecule has 3 heterocycles. The van der Waals surface area contributed by atoms with Gasteiger partial charge in [-0.1, -0.05) is 18.1 Å². The molecule has 1 aliphatic rings. The number of hydrogen-bond acceptors (Lipinski definition) is 9. The number of nitrogens with zero attached hydrogens (tertiary/aromatic N) is 5. The Morgan fingerprint density at radius 1 is 1.13 bits per heavy atom. The molecule has 11 nitrogen and oxygen atoms in total. The van der Waals surface area contributed by atoms with Gasteiger partial charge in [0.05, 0.1) is 13.0 Å². The van der Waals surface area contributed by atoms with Crippen LogP contribution in [0.4, 0.5) is 19.1 Å². The third-order valence-corrected chi connectivity index (χ3v) is 5.66. The fourth-order valence-electron chi connectivity index (χ4n) is 3.78. The maximum Gasteiger partial charge on any atom is 0.491 e. The molecule has 0 atom stereocenters. The van der Waals surface area contributed by atoms with Crippen LogP contribution in [-0.4, -0.2) is 63.4 Å². The second kappa shape index (κ2) is 10.9. The minimum absolute atomic E-state index is 0.0384. The van der Waals surface area contributed by atoms with Crippen molar-refractivity contribution in [1.29, 1.82) is 0 Å². The van der Waals surface area contributed by atoms with Crippen molar-refractivity contribution in [2.45, 2.75) is 26.1 Å². The predicted octanol–water partition coefficient (Wildman–Crippen LogP) is 1.53. The van der Waals surface area contributed by atoms with Gasteiger partial charge in [-0.2, -0.15) is 23.1 Å². The lowest BCUT2D eigenvalue weighted by Crippen LogP contribution is -2.44. The zero-order chi connectivity index (χ0) is 27.4. The highest BCUT2D eigenvalue weighted by Crippen LogP contribution is 2.24. The molecule has 0 unspecified atom stereocenters. The van der Waals surface area contributed by atoms with E-state index >= 15 is 0 Å². The average molecular weight is 532 g/mol. The molecule has 0 spiro atoms. The van der Waals surface area contributed by atoms with Gasteiger partial charge in [0.15, 0.2) is 11.2 Å². The molecule has 4 rings (SSSR count). The Morgan fingerprint density at radius 3 is 2.45 bits per heavy atom. The highest BCUT2D eigenvalue weighted by Gasteiger charge is 2.42. The first-order valence-electron chi connectivity index (χ1n) is 11.5. The highest BCUT2D eigenvalue weighted by atomic mass is 19.4. The van der Waals surface area contributed by atoms with E-state index < -0.39 is 24.5 Å². The molecule has 1 fully saturated rings. The molecule has 1 N–H and O–H groups in total. The molecule has 200 valence electrons. The molecule has 1 saturated heterocycles. The quantitative estimate of drug-likeness (QED) is 0.286. The van der Waals surface area contributed by atoms with E-state index in [0.29, 0.717) is 24.6 Å². The molecular weight excluding hydrogens is 509 g/mol. The second-order valence-corrected chi connectivity index (χ2v) is 8.27. The minimum atomic E-state index is -5.26. The number of anilines is 1. The van der Waals surface area contributed by atoms with E-state index in [0.717, 1.165) is 13.1 Å². The van der Waals surface area contributed by atoms with Crippen LogP contribution in [-0.2, 0) is 34.3 Å². The first-order valence-corrected chi connectivity index (χ1v) is 11.5. The molecule has 0 bridgehead atoms. The van der Waals surface area contributed by atoms with Gasteiger partial charge < -0.3 is 19.7 Å². The summed E-state index contributed by atoms with van der Waals surface area (Å²) in [5.41, 5.74) is 0.387. The summed E-state index contributed by atoms with van der Waals surface area (Å²) < 4.78 is 49.3. The Labute approximate surface area is 214 Å². The van der Waals surface area contributed by atoms with Crippen LogP contribution in [0, 0.1) is 11.8 Å². The SMILES string of the molecule is CC#CCn1c(N2CCNCC2)nc2nc(Oc3ccc(CC(=O)OC(=O)C(F)(F)F)cc3)n(C)c(=O)c21. The number of carbonyl (C=O) groups excluding carboxylic acids is 2. The smallest absolute Gasteiger partial charge is 0.425 e. The second-order valence-electron chi connectivity index (χ2n) is 8.27. The summed E-state index contributed by atoms with van der Waals surface area (Å²) in [7, 11) is 1.50. The Kier molecular flexibility index (Phi) is 7.67. The highest BCUT2D eigenvalue weighted by molar-refractivity contribution is 5.89. The lowest BCUT2D eigenvalue weighted by Gasteiger charge is -2.28. The summed E-state index contributed by atoms with van der Waals surface area (Å²) in [5, 5.41) is 3.27. The van der Waals surface area contributed by atoms with Gasteiger partial charge >= 0.3 is 24.1 Å². The van der Waals surface area contributed by atoms with E-state index in [1.165, 1.54) is 35.9 Å². The molecule has 1 aromatic carbocycles. The van der Waals surface area contributed by atoms with Gasteiger partial charge in [-0.15, -0.1) is 5.92 Å². The standard InChI is InChI=1S/C24H23F3N6O5/c1-3-4-11-33-18-19(29-22(33)32-12-9-28-10-13-32)30-23(31(2)20(18)35)37-16-7-5-15(6-8-16)14-17(34)38-21(36)24(25,26)27/h5-8,28H,9-14H2,1-2H3. The number of halogens is 3. The molecule has 38 heavy (non-hydrogen) atoms. The lowest BCUT2D eigenvalue weighted by molar-refractivity contribution is -0.201. The summed E-state index contributed by atoms with van der Waals surface area (Å²) >= 11 is 0. The Balaban J connectivity index is 1.57. The fraction of sp³-hybridized carbons (Fsp3) is 0.375. The molecule has 2 aromatic heterocycles. The van der Waals surface area contributed by atoms with Crippen LogP contribution in [0.3, 0.4) is 0 Å². The maximum atomic E-state index is 13.3. The van der Waals surface area contributed by atoms with Gasteiger partial charge in [0.2, 0.25) is 5.95 Å². The predicted molar refractivity (Wildman–Crippen MR) is 129 cm³/mol. The number of nitrogens with one attached hydrogen (secondary N) is 1. The molecule has 0 aliphatic carbocycles. The molecule has 1 aliphatic heterocycles. The molecule has 0 amide bonds. The topological polar surface area (TPSA) is 121 Å². The summed E-state index contributed by atoms with van der Waals surface area (Å²) in [5.74, 6) is 2.72. The van der Waals surface area contributed by atoms with E-state index in [1.807, 2.05) is 0 Å². The summed E-state index contributed by atoms with van der Waals surface area (Å²) in [6, 6.07) is 5.65. The molecule has 0 saturated carbocycles. The minimum Gasteiger partial charge on any atom is -0.425 e. The number of rotatable bonds is 6. The number of piperazine rings is 1. The van der Waals surface area contributed by atoms with Gasteiger partial charge in [-0.3, -0.25) is 18.7 Å². The Bertz CT molecular complexity index is 1480. The number of fused-ring (bicyclic) bond motifs is 1. The Morgan fingerprint density at radius 2 is 1.82 bits per heavy atom. The number of benzene rings is 1. The number of alkyl halides is 3. The van der Waals surface area contributed by atoms with Crippen LogP contribution >= 0.6 is 0 Å². The first-order chi connectivity index (χ1) is 18.1. The zero-order valence-corrected chi connectivity index (χ0v) is 20.5. The van der Waals surface area contributed by atoms with Crippen molar-refractivity contribution in [3.05, 3.63) is 40.2 Å². The summed E-state index contributed by atoms with van der Waals surface area (Å²) in [6.45, 7) is 4.93. The van der Waals surface area contributed by atoms with Crippen LogP contribution in [0.5, 0.6) is 11.8 Å². The molecule has 3 aromatic rings. The van der Waals surface area contributed by atoms with Crippen molar-refractivity contribution in [3.63, 3.8) is 0 Å². The normalized spacial score (nSPS) is 13.7. The number of esters is 2. The van der Waals surface area contributed by atoms with E-state index in [2.05, 4.69) is 36.8 Å². The molecule has 0 radical (unpaired) electrons. The monoisotopic (exact) mass is 532 g/mol. The average Bonchev–Trinajstić information content (AvgIpc) is 3.25. The van der Waals surface area contributed by atoms with Crippen molar-refractivity contribution in [1.82, 2.24) is 24.4 Å².